The molecule has 0 amide bonds. The zero-order valence-electron chi connectivity index (χ0n) is 12.0. The van der Waals surface area contributed by atoms with Gasteiger partial charge in [0, 0.05) is 23.7 Å². The van der Waals surface area contributed by atoms with E-state index >= 15 is 0 Å². The predicted molar refractivity (Wildman–Crippen MR) is 83.9 cm³/mol. The number of hydrogen-bond acceptors (Lipinski definition) is 2. The van der Waals surface area contributed by atoms with Crippen molar-refractivity contribution in [3.8, 4) is 0 Å². The maximum atomic E-state index is 14.1. The third-order valence-corrected chi connectivity index (χ3v) is 4.53. The monoisotopic (exact) mass is 308 g/mol. The number of nitrogens with one attached hydrogen (secondary N) is 1. The fraction of sp³-hybridized carbons (Fsp3) is 0.375. The van der Waals surface area contributed by atoms with Crippen molar-refractivity contribution in [3.05, 3.63) is 40.8 Å². The Morgan fingerprint density at radius 2 is 2.29 bits per heavy atom. The maximum Gasteiger partial charge on any atom is 0.143 e. The van der Waals surface area contributed by atoms with Crippen molar-refractivity contribution in [2.45, 2.75) is 13.0 Å². The van der Waals surface area contributed by atoms with Gasteiger partial charge in [-0.05, 0) is 30.7 Å². The zero-order valence-corrected chi connectivity index (χ0v) is 12.8. The van der Waals surface area contributed by atoms with Crippen LogP contribution in [0.25, 0.3) is 16.5 Å². The third-order valence-electron chi connectivity index (χ3n) is 4.15. The highest BCUT2D eigenvalue weighted by molar-refractivity contribution is 6.35. The van der Waals surface area contributed by atoms with Crippen LogP contribution in [0.5, 0.6) is 0 Å². The summed E-state index contributed by atoms with van der Waals surface area (Å²) in [5, 5.41) is 10.5. The lowest BCUT2D eigenvalue weighted by atomic mass is 9.89. The molecule has 0 bridgehead atoms. The summed E-state index contributed by atoms with van der Waals surface area (Å²) >= 11 is 6.03. The minimum atomic E-state index is -0.433. The minimum Gasteiger partial charge on any atom is -0.394 e. The number of rotatable bonds is 2. The molecule has 0 radical (unpaired) electrons. The number of H-pyrrole nitrogens is 1. The lowest BCUT2D eigenvalue weighted by Gasteiger charge is -2.35. The molecule has 0 spiro atoms. The summed E-state index contributed by atoms with van der Waals surface area (Å²) < 4.78 is 14.1. The van der Waals surface area contributed by atoms with Gasteiger partial charge in [0.25, 0.3) is 0 Å². The number of aliphatic hydroxyl groups excluding tert-OH is 1. The quantitative estimate of drug-likeness (QED) is 0.893. The van der Waals surface area contributed by atoms with Gasteiger partial charge in [0.1, 0.15) is 5.82 Å². The number of nitrogens with zero attached hydrogens (tertiary/aromatic N) is 1. The van der Waals surface area contributed by atoms with Gasteiger partial charge in [-0.15, -0.1) is 0 Å². The summed E-state index contributed by atoms with van der Waals surface area (Å²) in [5.74, 6) is -0.0891. The van der Waals surface area contributed by atoms with Crippen LogP contribution in [0.1, 0.15) is 12.5 Å². The summed E-state index contributed by atoms with van der Waals surface area (Å²) in [6.07, 6.45) is 3.87. The third kappa shape index (κ3) is 2.37. The second-order valence-electron chi connectivity index (χ2n) is 5.72. The van der Waals surface area contributed by atoms with Crippen LogP contribution in [0.4, 0.5) is 4.39 Å². The van der Waals surface area contributed by atoms with Gasteiger partial charge in [-0.3, -0.25) is 4.90 Å². The molecular formula is C16H18ClFN2O. The Morgan fingerprint density at radius 1 is 1.52 bits per heavy atom. The fourth-order valence-electron chi connectivity index (χ4n) is 3.19. The van der Waals surface area contributed by atoms with Crippen LogP contribution < -0.4 is 0 Å². The number of aromatic nitrogens is 1. The molecular weight excluding hydrogens is 291 g/mol. The molecule has 0 aliphatic carbocycles. The summed E-state index contributed by atoms with van der Waals surface area (Å²) in [5.41, 5.74) is 2.53. The van der Waals surface area contributed by atoms with E-state index in [0.717, 1.165) is 23.2 Å². The van der Waals surface area contributed by atoms with E-state index in [9.17, 15) is 9.50 Å². The second-order valence-corrected chi connectivity index (χ2v) is 6.10. The molecule has 1 aliphatic heterocycles. The maximum absolute atomic E-state index is 14.1. The standard InChI is InChI=1S/C16H18ClFN2O/c1-9-5-11(14(8-21)20(2)7-9)12-6-13(18)15(17)10-3-4-19-16(10)12/h3-6,9,14,19,21H,7-8H2,1-2H3/t9-,14-/m1/s1. The number of aliphatic hydroxyl groups is 1. The Balaban J connectivity index is 2.23. The molecule has 1 aromatic heterocycles. The highest BCUT2D eigenvalue weighted by Gasteiger charge is 2.28. The molecule has 21 heavy (non-hydrogen) atoms. The van der Waals surface area contributed by atoms with E-state index in [0.29, 0.717) is 11.3 Å². The van der Waals surface area contributed by atoms with Gasteiger partial charge >= 0.3 is 0 Å². The SMILES string of the molecule is C[C@@H]1C=C(c2cc(F)c(Cl)c3cc[nH]c23)[C@@H](CO)N(C)C1. The molecule has 2 atom stereocenters. The normalized spacial score (nSPS) is 23.6. The molecule has 1 aliphatic rings. The molecule has 0 saturated carbocycles. The number of hydrogen-bond donors (Lipinski definition) is 2. The highest BCUT2D eigenvalue weighted by atomic mass is 35.5. The Labute approximate surface area is 128 Å². The number of fused-ring (bicyclic) bond motifs is 1. The number of halogens is 2. The van der Waals surface area contributed by atoms with Crippen molar-refractivity contribution in [2.24, 2.45) is 5.92 Å². The van der Waals surface area contributed by atoms with E-state index in [2.05, 4.69) is 22.9 Å². The molecule has 2 N–H and O–H groups in total. The van der Waals surface area contributed by atoms with Gasteiger partial charge in [-0.1, -0.05) is 24.6 Å². The van der Waals surface area contributed by atoms with Gasteiger partial charge in [-0.2, -0.15) is 0 Å². The summed E-state index contributed by atoms with van der Waals surface area (Å²) in [4.78, 5) is 5.23. The first-order chi connectivity index (χ1) is 10.0. The molecule has 0 saturated heterocycles. The minimum absolute atomic E-state index is 0.00149. The van der Waals surface area contributed by atoms with Crippen molar-refractivity contribution < 1.29 is 9.50 Å². The van der Waals surface area contributed by atoms with Crippen LogP contribution in [0, 0.1) is 11.7 Å². The predicted octanol–water partition coefficient (Wildman–Crippen LogP) is 3.29. The molecule has 0 unspecified atom stereocenters. The van der Waals surface area contributed by atoms with Gasteiger partial charge < -0.3 is 10.1 Å². The molecule has 0 fully saturated rings. The molecule has 112 valence electrons. The van der Waals surface area contributed by atoms with Gasteiger partial charge in [0.05, 0.1) is 23.2 Å². The molecule has 2 heterocycles. The van der Waals surface area contributed by atoms with Crippen LogP contribution in [-0.2, 0) is 0 Å². The average Bonchev–Trinajstić information content (AvgIpc) is 2.91. The smallest absolute Gasteiger partial charge is 0.143 e. The first kappa shape index (κ1) is 14.6. The van der Waals surface area contributed by atoms with E-state index in [-0.39, 0.29) is 17.7 Å². The van der Waals surface area contributed by atoms with E-state index in [1.54, 1.807) is 12.3 Å². The van der Waals surface area contributed by atoms with Gasteiger partial charge in [0.2, 0.25) is 0 Å². The molecule has 1 aromatic carbocycles. The van der Waals surface area contributed by atoms with Crippen LogP contribution in [-0.4, -0.2) is 41.2 Å². The van der Waals surface area contributed by atoms with Crippen LogP contribution in [0.15, 0.2) is 24.4 Å². The fourth-order valence-corrected chi connectivity index (χ4v) is 3.40. The second kappa shape index (κ2) is 5.44. The molecule has 2 aromatic rings. The average molecular weight is 309 g/mol. The van der Waals surface area contributed by atoms with Crippen molar-refractivity contribution >= 4 is 28.1 Å². The molecule has 3 rings (SSSR count). The van der Waals surface area contributed by atoms with Crippen molar-refractivity contribution in [1.29, 1.82) is 0 Å². The number of benzene rings is 1. The largest absolute Gasteiger partial charge is 0.394 e. The highest BCUT2D eigenvalue weighted by Crippen LogP contribution is 2.36. The molecule has 5 heteroatoms. The van der Waals surface area contributed by atoms with E-state index in [4.69, 9.17) is 11.6 Å². The van der Waals surface area contributed by atoms with Crippen molar-refractivity contribution in [1.82, 2.24) is 9.88 Å². The van der Waals surface area contributed by atoms with E-state index < -0.39 is 5.82 Å². The Morgan fingerprint density at radius 3 is 3.00 bits per heavy atom. The summed E-state index contributed by atoms with van der Waals surface area (Å²) in [7, 11) is 1.97. The molecule has 3 nitrogen and oxygen atoms in total. The van der Waals surface area contributed by atoms with Crippen molar-refractivity contribution in [2.75, 3.05) is 20.2 Å². The number of aromatic amines is 1. The first-order valence-corrected chi connectivity index (χ1v) is 7.39. The van der Waals surface area contributed by atoms with Gasteiger partial charge in [0.15, 0.2) is 0 Å². The Hall–Kier alpha value is -1.36. The lowest BCUT2D eigenvalue weighted by Crippen LogP contribution is -2.41. The Kier molecular flexibility index (Phi) is 3.78. The van der Waals surface area contributed by atoms with Gasteiger partial charge in [-0.25, -0.2) is 4.39 Å². The van der Waals surface area contributed by atoms with Crippen molar-refractivity contribution in [3.63, 3.8) is 0 Å². The summed E-state index contributed by atoms with van der Waals surface area (Å²) in [6.45, 7) is 2.99. The van der Waals surface area contributed by atoms with Crippen LogP contribution in [0.3, 0.4) is 0 Å². The first-order valence-electron chi connectivity index (χ1n) is 7.01. The van der Waals surface area contributed by atoms with Crippen LogP contribution in [0.2, 0.25) is 5.02 Å². The lowest BCUT2D eigenvalue weighted by molar-refractivity contribution is 0.167. The topological polar surface area (TPSA) is 39.3 Å². The summed E-state index contributed by atoms with van der Waals surface area (Å²) in [6, 6.07) is 3.10. The zero-order chi connectivity index (χ0) is 15.1. The van der Waals surface area contributed by atoms with Crippen LogP contribution >= 0.6 is 11.6 Å². The Bertz CT molecular complexity index is 710. The number of likely N-dealkylation sites (N-methyl/N-ethyl adjacent to an activating group) is 1. The van der Waals surface area contributed by atoms with E-state index in [1.165, 1.54) is 6.07 Å². The van der Waals surface area contributed by atoms with E-state index in [1.807, 2.05) is 7.05 Å².